The third kappa shape index (κ3) is 3.70. The normalized spacial score (nSPS) is 12.6. The lowest BCUT2D eigenvalue weighted by Gasteiger charge is -2.20. The largest absolute Gasteiger partial charge is 0.486 e. The Labute approximate surface area is 107 Å². The van der Waals surface area contributed by atoms with Crippen LogP contribution in [0.1, 0.15) is 0 Å². The van der Waals surface area contributed by atoms with Crippen molar-refractivity contribution in [2.75, 3.05) is 6.61 Å². The molecule has 0 bridgehead atoms. The summed E-state index contributed by atoms with van der Waals surface area (Å²) in [5.41, 5.74) is 0. The Hall–Kier alpha value is -0.560. The Morgan fingerprint density at radius 3 is 2.24 bits per heavy atom. The summed E-state index contributed by atoms with van der Waals surface area (Å²) < 4.78 is 65.2. The van der Waals surface area contributed by atoms with Gasteiger partial charge in [-0.25, -0.2) is 0 Å². The molecule has 0 aromatic heterocycles. The molecule has 8 heteroatoms. The first kappa shape index (κ1) is 14.5. The molecule has 1 rings (SSSR count). The molecule has 1 aromatic carbocycles. The van der Waals surface area contributed by atoms with Gasteiger partial charge in [0.15, 0.2) is 6.61 Å². The Morgan fingerprint density at radius 2 is 1.76 bits per heavy atom. The second kappa shape index (κ2) is 4.97. The Kier molecular flexibility index (Phi) is 4.24. The summed E-state index contributed by atoms with van der Waals surface area (Å²) in [7, 11) is 0. The van der Waals surface area contributed by atoms with Gasteiger partial charge >= 0.3 is 12.1 Å². The molecule has 1 nitrogen and oxygen atoms in total. The smallest absolute Gasteiger partial charge is 0.456 e. The van der Waals surface area contributed by atoms with Crippen LogP contribution in [-0.4, -0.2) is 18.7 Å². The van der Waals surface area contributed by atoms with E-state index < -0.39 is 18.7 Å². The van der Waals surface area contributed by atoms with E-state index in [9.17, 15) is 22.0 Å². The summed E-state index contributed by atoms with van der Waals surface area (Å²) in [5.74, 6) is -5.04. The van der Waals surface area contributed by atoms with Crippen molar-refractivity contribution in [2.24, 2.45) is 0 Å². The topological polar surface area (TPSA) is 9.23 Å². The van der Waals surface area contributed by atoms with Gasteiger partial charge in [0, 0.05) is 5.02 Å². The highest BCUT2D eigenvalue weighted by Crippen LogP contribution is 2.37. The molecule has 0 fully saturated rings. The van der Waals surface area contributed by atoms with Crippen molar-refractivity contribution in [3.05, 3.63) is 27.7 Å². The highest BCUT2D eigenvalue weighted by atomic mass is 79.9. The van der Waals surface area contributed by atoms with Crippen LogP contribution in [0.2, 0.25) is 5.02 Å². The number of hydrogen-bond acceptors (Lipinski definition) is 1. The van der Waals surface area contributed by atoms with Gasteiger partial charge in [-0.2, -0.15) is 22.0 Å². The van der Waals surface area contributed by atoms with Crippen molar-refractivity contribution in [3.63, 3.8) is 0 Å². The molecule has 0 N–H and O–H groups in total. The maximum absolute atomic E-state index is 12.5. The van der Waals surface area contributed by atoms with Gasteiger partial charge in [-0.1, -0.05) is 11.6 Å². The third-order valence-electron chi connectivity index (χ3n) is 1.72. The fraction of sp³-hybridized carbons (Fsp3) is 0.333. The van der Waals surface area contributed by atoms with Crippen molar-refractivity contribution in [1.29, 1.82) is 0 Å². The summed E-state index contributed by atoms with van der Waals surface area (Å²) in [5, 5.41) is 0.298. The zero-order valence-electron chi connectivity index (χ0n) is 7.99. The standard InChI is InChI=1S/C9H5BrClF5O/c10-6-3-5(11)1-2-7(6)17-4-8(12,13)9(14,15)16/h1-3H,4H2. The fourth-order valence-electron chi connectivity index (χ4n) is 0.842. The molecule has 0 saturated heterocycles. The molecule has 0 spiro atoms. The maximum Gasteiger partial charge on any atom is 0.456 e. The summed E-state index contributed by atoms with van der Waals surface area (Å²) in [6, 6.07) is 3.83. The lowest BCUT2D eigenvalue weighted by Crippen LogP contribution is -2.41. The van der Waals surface area contributed by atoms with Gasteiger partial charge in [0.1, 0.15) is 5.75 Å². The highest BCUT2D eigenvalue weighted by molar-refractivity contribution is 9.10. The van der Waals surface area contributed by atoms with Crippen molar-refractivity contribution in [3.8, 4) is 5.75 Å². The molecular formula is C9H5BrClF5O. The summed E-state index contributed by atoms with van der Waals surface area (Å²) in [6.07, 6.45) is -5.63. The number of hydrogen-bond donors (Lipinski definition) is 0. The van der Waals surface area contributed by atoms with Crippen LogP contribution >= 0.6 is 27.5 Å². The van der Waals surface area contributed by atoms with Crippen LogP contribution < -0.4 is 4.74 Å². The quantitative estimate of drug-likeness (QED) is 0.727. The van der Waals surface area contributed by atoms with Gasteiger partial charge in [-0.15, -0.1) is 0 Å². The fourth-order valence-corrected chi connectivity index (χ4v) is 1.64. The average molecular weight is 339 g/mol. The molecule has 17 heavy (non-hydrogen) atoms. The molecule has 1 aromatic rings. The number of ether oxygens (including phenoxy) is 1. The molecule has 0 atom stereocenters. The van der Waals surface area contributed by atoms with Crippen LogP contribution in [-0.2, 0) is 0 Å². The van der Waals surface area contributed by atoms with E-state index in [-0.39, 0.29) is 10.2 Å². The Balaban J connectivity index is 2.74. The first-order valence-electron chi connectivity index (χ1n) is 4.16. The molecule has 0 unspecified atom stereocenters. The van der Waals surface area contributed by atoms with Crippen LogP contribution in [0.25, 0.3) is 0 Å². The second-order valence-electron chi connectivity index (χ2n) is 3.07. The Morgan fingerprint density at radius 1 is 1.18 bits per heavy atom. The third-order valence-corrected chi connectivity index (χ3v) is 2.57. The predicted molar refractivity (Wildman–Crippen MR) is 55.6 cm³/mol. The van der Waals surface area contributed by atoms with Gasteiger partial charge in [0.2, 0.25) is 0 Å². The van der Waals surface area contributed by atoms with Crippen LogP contribution in [0.15, 0.2) is 22.7 Å². The van der Waals surface area contributed by atoms with Gasteiger partial charge in [0.05, 0.1) is 4.47 Å². The SMILES string of the molecule is FC(F)(F)C(F)(F)COc1ccc(Cl)cc1Br. The number of rotatable bonds is 3. The molecule has 0 saturated carbocycles. The van der Waals surface area contributed by atoms with E-state index in [1.165, 1.54) is 18.2 Å². The summed E-state index contributed by atoms with van der Waals surface area (Å²) >= 11 is 8.50. The summed E-state index contributed by atoms with van der Waals surface area (Å²) in [4.78, 5) is 0. The first-order valence-corrected chi connectivity index (χ1v) is 5.33. The van der Waals surface area contributed by atoms with Gasteiger partial charge in [-0.05, 0) is 34.1 Å². The van der Waals surface area contributed by atoms with Gasteiger partial charge < -0.3 is 4.74 Å². The molecule has 0 amide bonds. The lowest BCUT2D eigenvalue weighted by molar-refractivity contribution is -0.290. The van der Waals surface area contributed by atoms with Crippen LogP contribution in [0, 0.1) is 0 Å². The van der Waals surface area contributed by atoms with Gasteiger partial charge in [-0.3, -0.25) is 0 Å². The van der Waals surface area contributed by atoms with Crippen molar-refractivity contribution >= 4 is 27.5 Å². The number of alkyl halides is 5. The van der Waals surface area contributed by atoms with E-state index in [1.54, 1.807) is 0 Å². The minimum atomic E-state index is -5.63. The Bertz CT molecular complexity index is 407. The van der Waals surface area contributed by atoms with E-state index in [0.717, 1.165) is 0 Å². The summed E-state index contributed by atoms with van der Waals surface area (Å²) in [6.45, 7) is -1.78. The molecule has 0 aliphatic rings. The second-order valence-corrected chi connectivity index (χ2v) is 4.36. The first-order chi connectivity index (χ1) is 7.63. The van der Waals surface area contributed by atoms with Crippen molar-refractivity contribution < 1.29 is 26.7 Å². The minimum Gasteiger partial charge on any atom is -0.486 e. The monoisotopic (exact) mass is 338 g/mol. The minimum absolute atomic E-state index is 0.140. The van der Waals surface area contributed by atoms with E-state index in [1.807, 2.05) is 0 Å². The van der Waals surface area contributed by atoms with Gasteiger partial charge in [0.25, 0.3) is 0 Å². The predicted octanol–water partition coefficient (Wildman–Crippen LogP) is 4.68. The van der Waals surface area contributed by atoms with E-state index in [2.05, 4.69) is 20.7 Å². The lowest BCUT2D eigenvalue weighted by atomic mass is 10.3. The van der Waals surface area contributed by atoms with E-state index in [4.69, 9.17) is 11.6 Å². The zero-order chi connectivity index (χ0) is 13.3. The zero-order valence-corrected chi connectivity index (χ0v) is 10.3. The average Bonchev–Trinajstić information content (AvgIpc) is 2.14. The molecule has 0 aliphatic heterocycles. The highest BCUT2D eigenvalue weighted by Gasteiger charge is 2.58. The van der Waals surface area contributed by atoms with Crippen LogP contribution in [0.3, 0.4) is 0 Å². The molecule has 96 valence electrons. The maximum atomic E-state index is 12.5. The van der Waals surface area contributed by atoms with E-state index >= 15 is 0 Å². The molecule has 0 radical (unpaired) electrons. The van der Waals surface area contributed by atoms with Crippen molar-refractivity contribution in [2.45, 2.75) is 12.1 Å². The van der Waals surface area contributed by atoms with Crippen LogP contribution in [0.5, 0.6) is 5.75 Å². The van der Waals surface area contributed by atoms with Crippen LogP contribution in [0.4, 0.5) is 22.0 Å². The van der Waals surface area contributed by atoms with Crippen molar-refractivity contribution in [1.82, 2.24) is 0 Å². The molecular weight excluding hydrogens is 334 g/mol. The number of halogens is 7. The molecule has 0 heterocycles. The number of benzene rings is 1. The van der Waals surface area contributed by atoms with E-state index in [0.29, 0.717) is 5.02 Å². The molecule has 0 aliphatic carbocycles.